The van der Waals surface area contributed by atoms with Gasteiger partial charge in [-0.2, -0.15) is 0 Å². The topological polar surface area (TPSA) is 59.1 Å². The monoisotopic (exact) mass is 440 g/mol. The summed E-state index contributed by atoms with van der Waals surface area (Å²) in [5, 5.41) is 0. The number of carbonyl (C=O) groups excluding carboxylic acids is 2. The number of hydrogen-bond donors (Lipinski definition) is 0. The first-order chi connectivity index (χ1) is 15.4. The van der Waals surface area contributed by atoms with E-state index in [9.17, 15) is 9.59 Å². The van der Waals surface area contributed by atoms with Crippen molar-refractivity contribution in [3.63, 3.8) is 0 Å². The van der Waals surface area contributed by atoms with Crippen LogP contribution in [0.1, 0.15) is 65.8 Å². The number of methoxy groups -OCH3 is 1. The van der Waals surface area contributed by atoms with Crippen molar-refractivity contribution in [2.24, 2.45) is 0 Å². The number of hydrogen-bond acceptors (Lipinski definition) is 4. The maximum atomic E-state index is 13.1. The van der Waals surface area contributed by atoms with E-state index in [4.69, 9.17) is 9.47 Å². The third kappa shape index (κ3) is 7.01. The Morgan fingerprint density at radius 1 is 0.844 bits per heavy atom. The molecule has 0 aromatic heterocycles. The minimum atomic E-state index is -0.0752. The molecule has 0 unspecified atom stereocenters. The van der Waals surface area contributed by atoms with E-state index in [0.717, 1.165) is 18.4 Å². The Hall–Kier alpha value is -3.02. The van der Waals surface area contributed by atoms with Crippen LogP contribution in [0.2, 0.25) is 0 Å². The first kappa shape index (κ1) is 25.2. The van der Waals surface area contributed by atoms with Crippen molar-refractivity contribution in [2.45, 2.75) is 46.1 Å². The fraction of sp³-hybridized carbons (Fsp3) is 0.462. The third-order valence-electron chi connectivity index (χ3n) is 5.32. The average Bonchev–Trinajstić information content (AvgIpc) is 2.81. The number of carbonyl (C=O) groups is 2. The molecule has 174 valence electrons. The van der Waals surface area contributed by atoms with E-state index in [2.05, 4.69) is 6.92 Å². The number of ether oxygens (including phenoxy) is 2. The fourth-order valence-electron chi connectivity index (χ4n) is 3.37. The molecule has 0 bridgehead atoms. The predicted octanol–water partition coefficient (Wildman–Crippen LogP) is 5.02. The Kier molecular flexibility index (Phi) is 10.1. The standard InChI is InChI=1S/C26H36N2O4/c1-6-8-9-10-17-32-23-16-15-22(18-24(23)31-5)26(30)28(7-2)19-20-11-13-21(14-12-20)25(29)27(3)4/h11-16,18H,6-10,17,19H2,1-5H3. The molecule has 2 aromatic rings. The molecule has 0 heterocycles. The molecule has 6 heteroatoms. The molecule has 0 aliphatic carbocycles. The van der Waals surface area contributed by atoms with Gasteiger partial charge in [0, 0.05) is 38.3 Å². The first-order valence-electron chi connectivity index (χ1n) is 11.3. The summed E-state index contributed by atoms with van der Waals surface area (Å²) in [5.41, 5.74) is 2.15. The van der Waals surface area contributed by atoms with Crippen molar-refractivity contribution in [1.29, 1.82) is 0 Å². The molecular formula is C26H36N2O4. The number of nitrogens with zero attached hydrogens (tertiary/aromatic N) is 2. The average molecular weight is 441 g/mol. The van der Waals surface area contributed by atoms with Crippen molar-refractivity contribution < 1.29 is 19.1 Å². The lowest BCUT2D eigenvalue weighted by Crippen LogP contribution is -2.30. The summed E-state index contributed by atoms with van der Waals surface area (Å²) >= 11 is 0. The van der Waals surface area contributed by atoms with Crippen LogP contribution in [0.15, 0.2) is 42.5 Å². The summed E-state index contributed by atoms with van der Waals surface area (Å²) in [5.74, 6) is 1.10. The maximum absolute atomic E-state index is 13.1. The highest BCUT2D eigenvalue weighted by Gasteiger charge is 2.18. The highest BCUT2D eigenvalue weighted by atomic mass is 16.5. The van der Waals surface area contributed by atoms with Gasteiger partial charge in [-0.3, -0.25) is 9.59 Å². The van der Waals surface area contributed by atoms with Crippen LogP contribution in [0.4, 0.5) is 0 Å². The fourth-order valence-corrected chi connectivity index (χ4v) is 3.37. The molecule has 32 heavy (non-hydrogen) atoms. The lowest BCUT2D eigenvalue weighted by atomic mass is 10.1. The Labute approximate surface area is 192 Å². The van der Waals surface area contributed by atoms with E-state index in [-0.39, 0.29) is 11.8 Å². The van der Waals surface area contributed by atoms with Crippen molar-refractivity contribution >= 4 is 11.8 Å². The number of unbranched alkanes of at least 4 members (excludes halogenated alkanes) is 3. The molecule has 2 aromatic carbocycles. The maximum Gasteiger partial charge on any atom is 0.254 e. The van der Waals surface area contributed by atoms with Crippen LogP contribution in [0.25, 0.3) is 0 Å². The zero-order valence-electron chi connectivity index (χ0n) is 20.0. The van der Waals surface area contributed by atoms with Crippen molar-refractivity contribution in [3.8, 4) is 11.5 Å². The molecule has 0 saturated carbocycles. The molecule has 6 nitrogen and oxygen atoms in total. The number of rotatable bonds is 12. The van der Waals surface area contributed by atoms with Gasteiger partial charge >= 0.3 is 0 Å². The van der Waals surface area contributed by atoms with E-state index < -0.39 is 0 Å². The van der Waals surface area contributed by atoms with Crippen molar-refractivity contribution in [1.82, 2.24) is 9.80 Å². The van der Waals surface area contributed by atoms with Crippen LogP contribution >= 0.6 is 0 Å². The van der Waals surface area contributed by atoms with Gasteiger partial charge in [-0.25, -0.2) is 0 Å². The van der Waals surface area contributed by atoms with Gasteiger partial charge in [-0.1, -0.05) is 38.3 Å². The lowest BCUT2D eigenvalue weighted by molar-refractivity contribution is 0.0751. The van der Waals surface area contributed by atoms with Gasteiger partial charge in [0.2, 0.25) is 0 Å². The minimum absolute atomic E-state index is 0.0419. The molecule has 0 saturated heterocycles. The molecule has 0 atom stereocenters. The number of benzene rings is 2. The van der Waals surface area contributed by atoms with Gasteiger partial charge < -0.3 is 19.3 Å². The van der Waals surface area contributed by atoms with E-state index >= 15 is 0 Å². The molecule has 0 fully saturated rings. The summed E-state index contributed by atoms with van der Waals surface area (Å²) in [4.78, 5) is 28.5. The molecule has 0 aliphatic rings. The highest BCUT2D eigenvalue weighted by Crippen LogP contribution is 2.29. The van der Waals surface area contributed by atoms with Gasteiger partial charge in [0.05, 0.1) is 13.7 Å². The van der Waals surface area contributed by atoms with Crippen LogP contribution in [0.5, 0.6) is 11.5 Å². The van der Waals surface area contributed by atoms with Crippen LogP contribution in [0, 0.1) is 0 Å². The zero-order chi connectivity index (χ0) is 23.5. The zero-order valence-corrected chi connectivity index (χ0v) is 20.0. The molecule has 2 rings (SSSR count). The Morgan fingerprint density at radius 2 is 1.53 bits per heavy atom. The minimum Gasteiger partial charge on any atom is -0.493 e. The van der Waals surface area contributed by atoms with Crippen LogP contribution in [0.3, 0.4) is 0 Å². The largest absolute Gasteiger partial charge is 0.493 e. The second-order valence-electron chi connectivity index (χ2n) is 7.99. The van der Waals surface area contributed by atoms with E-state index in [1.165, 1.54) is 12.8 Å². The third-order valence-corrected chi connectivity index (χ3v) is 5.32. The Morgan fingerprint density at radius 3 is 2.12 bits per heavy atom. The molecule has 0 spiro atoms. The van der Waals surface area contributed by atoms with Gasteiger partial charge in [-0.15, -0.1) is 0 Å². The second-order valence-corrected chi connectivity index (χ2v) is 7.99. The Bertz CT molecular complexity index is 878. The first-order valence-corrected chi connectivity index (χ1v) is 11.3. The lowest BCUT2D eigenvalue weighted by Gasteiger charge is -2.22. The quantitative estimate of drug-likeness (QED) is 0.435. The van der Waals surface area contributed by atoms with Crippen molar-refractivity contribution in [3.05, 3.63) is 59.2 Å². The summed E-state index contributed by atoms with van der Waals surface area (Å²) in [6.45, 7) is 5.79. The second kappa shape index (κ2) is 12.7. The molecular weight excluding hydrogens is 404 g/mol. The van der Waals surface area contributed by atoms with E-state index in [0.29, 0.717) is 42.3 Å². The van der Waals surface area contributed by atoms with Crippen molar-refractivity contribution in [2.75, 3.05) is 34.4 Å². The van der Waals surface area contributed by atoms with Gasteiger partial charge in [0.15, 0.2) is 11.5 Å². The molecule has 0 N–H and O–H groups in total. The predicted molar refractivity (Wildman–Crippen MR) is 128 cm³/mol. The highest BCUT2D eigenvalue weighted by molar-refractivity contribution is 5.95. The summed E-state index contributed by atoms with van der Waals surface area (Å²) in [7, 11) is 5.04. The van der Waals surface area contributed by atoms with E-state index in [1.807, 2.05) is 19.1 Å². The van der Waals surface area contributed by atoms with Gasteiger partial charge in [0.1, 0.15) is 0 Å². The molecule has 0 radical (unpaired) electrons. The normalized spacial score (nSPS) is 10.5. The van der Waals surface area contributed by atoms with E-state index in [1.54, 1.807) is 61.3 Å². The summed E-state index contributed by atoms with van der Waals surface area (Å²) < 4.78 is 11.3. The molecule has 2 amide bonds. The van der Waals surface area contributed by atoms with Crippen LogP contribution in [-0.2, 0) is 6.54 Å². The van der Waals surface area contributed by atoms with Gasteiger partial charge in [0.25, 0.3) is 11.8 Å². The summed E-state index contributed by atoms with van der Waals surface area (Å²) in [6, 6.07) is 12.7. The summed E-state index contributed by atoms with van der Waals surface area (Å²) in [6.07, 6.45) is 4.53. The smallest absolute Gasteiger partial charge is 0.254 e. The molecule has 0 aliphatic heterocycles. The number of amides is 2. The SMILES string of the molecule is CCCCCCOc1ccc(C(=O)N(CC)Cc2ccc(C(=O)N(C)C)cc2)cc1OC. The van der Waals surface area contributed by atoms with Crippen LogP contribution < -0.4 is 9.47 Å². The van der Waals surface area contributed by atoms with Gasteiger partial charge in [-0.05, 0) is 49.2 Å². The van der Waals surface area contributed by atoms with Crippen LogP contribution in [-0.4, -0.2) is 56.0 Å². The Balaban J connectivity index is 2.06.